The lowest BCUT2D eigenvalue weighted by Gasteiger charge is -2.11. The Hall–Kier alpha value is -2.53. The van der Waals surface area contributed by atoms with Gasteiger partial charge in [0, 0.05) is 39.9 Å². The summed E-state index contributed by atoms with van der Waals surface area (Å²) in [5.74, 6) is 0.214. The molecule has 0 saturated heterocycles. The summed E-state index contributed by atoms with van der Waals surface area (Å²) in [4.78, 5) is 16.9. The molecular formula is C18H16N2O2S. The van der Waals surface area contributed by atoms with Crippen molar-refractivity contribution in [2.45, 2.75) is 5.75 Å². The van der Waals surface area contributed by atoms with Gasteiger partial charge in [-0.05, 0) is 29.8 Å². The molecule has 0 aliphatic heterocycles. The van der Waals surface area contributed by atoms with E-state index in [-0.39, 0.29) is 5.91 Å². The average Bonchev–Trinajstić information content (AvgIpc) is 2.55. The highest BCUT2D eigenvalue weighted by atomic mass is 32.2. The molecule has 1 heterocycles. The zero-order valence-electron chi connectivity index (χ0n) is 12.7. The number of rotatable bonds is 4. The van der Waals surface area contributed by atoms with E-state index in [0.717, 1.165) is 16.5 Å². The Balaban J connectivity index is 1.94. The van der Waals surface area contributed by atoms with Gasteiger partial charge < -0.3 is 5.32 Å². The van der Waals surface area contributed by atoms with Crippen molar-refractivity contribution in [1.82, 2.24) is 4.98 Å². The molecule has 5 heteroatoms. The van der Waals surface area contributed by atoms with Crippen LogP contribution in [0.25, 0.3) is 10.9 Å². The number of nitrogens with one attached hydrogen (secondary N) is 1. The lowest BCUT2D eigenvalue weighted by molar-refractivity contribution is 0.102. The zero-order valence-corrected chi connectivity index (χ0v) is 13.5. The number of benzene rings is 2. The van der Waals surface area contributed by atoms with Crippen molar-refractivity contribution in [3.8, 4) is 0 Å². The Morgan fingerprint density at radius 3 is 2.74 bits per heavy atom. The minimum Gasteiger partial charge on any atom is -0.322 e. The number of amides is 1. The molecule has 0 fully saturated rings. The third-order valence-corrected chi connectivity index (χ3v) is 4.23. The summed E-state index contributed by atoms with van der Waals surface area (Å²) < 4.78 is 11.5. The molecule has 3 rings (SSSR count). The van der Waals surface area contributed by atoms with E-state index in [1.54, 1.807) is 18.5 Å². The van der Waals surface area contributed by atoms with E-state index in [1.165, 1.54) is 0 Å². The molecule has 1 N–H and O–H groups in total. The van der Waals surface area contributed by atoms with Crippen molar-refractivity contribution in [3.63, 3.8) is 0 Å². The van der Waals surface area contributed by atoms with Gasteiger partial charge in [0.25, 0.3) is 5.91 Å². The highest BCUT2D eigenvalue weighted by molar-refractivity contribution is 7.83. The van der Waals surface area contributed by atoms with Crippen LogP contribution in [0.2, 0.25) is 0 Å². The molecule has 0 aliphatic rings. The topological polar surface area (TPSA) is 59.1 Å². The summed E-state index contributed by atoms with van der Waals surface area (Å²) >= 11 is 0. The number of carbonyl (C=O) groups is 1. The Labute approximate surface area is 137 Å². The van der Waals surface area contributed by atoms with Crippen LogP contribution in [0.15, 0.2) is 60.8 Å². The Bertz CT molecular complexity index is 888. The van der Waals surface area contributed by atoms with E-state index in [2.05, 4.69) is 10.3 Å². The molecule has 0 aliphatic carbocycles. The number of nitrogens with zero attached hydrogens (tertiary/aromatic N) is 1. The van der Waals surface area contributed by atoms with E-state index in [9.17, 15) is 9.00 Å². The van der Waals surface area contributed by atoms with Gasteiger partial charge in [-0.3, -0.25) is 14.0 Å². The van der Waals surface area contributed by atoms with Crippen molar-refractivity contribution in [1.29, 1.82) is 0 Å². The van der Waals surface area contributed by atoms with Gasteiger partial charge in [0.2, 0.25) is 0 Å². The minimum atomic E-state index is -0.970. The normalized spacial score (nSPS) is 12.0. The molecule has 23 heavy (non-hydrogen) atoms. The molecule has 0 spiro atoms. The summed E-state index contributed by atoms with van der Waals surface area (Å²) in [6, 6.07) is 16.6. The molecule has 1 aromatic heterocycles. The maximum absolute atomic E-state index is 12.7. The van der Waals surface area contributed by atoms with E-state index in [0.29, 0.717) is 17.0 Å². The fourth-order valence-electron chi connectivity index (χ4n) is 2.48. The van der Waals surface area contributed by atoms with Gasteiger partial charge in [0.15, 0.2) is 0 Å². The summed E-state index contributed by atoms with van der Waals surface area (Å²) in [6.45, 7) is 0. The second-order valence-electron chi connectivity index (χ2n) is 5.20. The molecule has 116 valence electrons. The second kappa shape index (κ2) is 6.71. The maximum Gasteiger partial charge on any atom is 0.256 e. The van der Waals surface area contributed by atoms with E-state index >= 15 is 0 Å². The van der Waals surface area contributed by atoms with Gasteiger partial charge in [0.1, 0.15) is 0 Å². The van der Waals surface area contributed by atoms with Crippen molar-refractivity contribution in [3.05, 3.63) is 71.9 Å². The fraction of sp³-hybridized carbons (Fsp3) is 0.111. The number of aromatic nitrogens is 1. The Morgan fingerprint density at radius 2 is 1.91 bits per heavy atom. The number of pyridine rings is 1. The van der Waals surface area contributed by atoms with E-state index < -0.39 is 10.8 Å². The van der Waals surface area contributed by atoms with Crippen LogP contribution in [0.1, 0.15) is 15.9 Å². The van der Waals surface area contributed by atoms with Crippen LogP contribution >= 0.6 is 0 Å². The first kappa shape index (κ1) is 15.4. The summed E-state index contributed by atoms with van der Waals surface area (Å²) in [7, 11) is -0.970. The fourth-order valence-corrected chi connectivity index (χ4v) is 3.17. The molecule has 4 nitrogen and oxygen atoms in total. The molecular weight excluding hydrogens is 308 g/mol. The number of fused-ring (bicyclic) bond motifs is 1. The van der Waals surface area contributed by atoms with Crippen molar-refractivity contribution in [2.75, 3.05) is 11.6 Å². The highest BCUT2D eigenvalue weighted by Crippen LogP contribution is 2.21. The highest BCUT2D eigenvalue weighted by Gasteiger charge is 2.12. The Morgan fingerprint density at radius 1 is 1.09 bits per heavy atom. The molecule has 0 unspecified atom stereocenters. The van der Waals surface area contributed by atoms with Crippen LogP contribution in [0.3, 0.4) is 0 Å². The van der Waals surface area contributed by atoms with Gasteiger partial charge in [-0.25, -0.2) is 0 Å². The average molecular weight is 324 g/mol. The zero-order chi connectivity index (χ0) is 16.2. The lowest BCUT2D eigenvalue weighted by atomic mass is 10.1. The maximum atomic E-state index is 12.7. The minimum absolute atomic E-state index is 0.196. The van der Waals surface area contributed by atoms with Gasteiger partial charge in [0.05, 0.1) is 11.3 Å². The van der Waals surface area contributed by atoms with E-state index in [1.807, 2.05) is 48.5 Å². The quantitative estimate of drug-likeness (QED) is 0.800. The third kappa shape index (κ3) is 3.46. The van der Waals surface area contributed by atoms with Crippen LogP contribution < -0.4 is 5.32 Å². The molecule has 2 aromatic carbocycles. The van der Waals surface area contributed by atoms with Crippen LogP contribution in [-0.4, -0.2) is 21.4 Å². The second-order valence-corrected chi connectivity index (χ2v) is 6.64. The van der Waals surface area contributed by atoms with Crippen molar-refractivity contribution >= 4 is 33.3 Å². The monoisotopic (exact) mass is 324 g/mol. The van der Waals surface area contributed by atoms with Gasteiger partial charge in [-0.15, -0.1) is 0 Å². The van der Waals surface area contributed by atoms with Crippen LogP contribution in [0.5, 0.6) is 0 Å². The standard InChI is InChI=1S/C18H16N2O2S/c1-23(22)12-13-6-2-3-9-16(13)20-18(21)15-7-4-10-17-14(15)8-5-11-19-17/h2-11H,12H2,1H3,(H,20,21)/t23-/m1/s1. The third-order valence-electron chi connectivity index (χ3n) is 3.51. The predicted molar refractivity (Wildman–Crippen MR) is 93.9 cm³/mol. The first-order chi connectivity index (χ1) is 11.1. The van der Waals surface area contributed by atoms with Gasteiger partial charge in [-0.2, -0.15) is 0 Å². The first-order valence-electron chi connectivity index (χ1n) is 7.18. The molecule has 1 amide bonds. The number of para-hydroxylation sites is 1. The summed E-state index contributed by atoms with van der Waals surface area (Å²) in [6.07, 6.45) is 3.35. The van der Waals surface area contributed by atoms with E-state index in [4.69, 9.17) is 0 Å². The lowest BCUT2D eigenvalue weighted by Crippen LogP contribution is -2.14. The molecule has 1 atom stereocenters. The number of hydrogen-bond donors (Lipinski definition) is 1. The SMILES string of the molecule is C[S@@](=O)Cc1ccccc1NC(=O)c1cccc2ncccc12. The number of hydrogen-bond acceptors (Lipinski definition) is 3. The van der Waals surface area contributed by atoms with Crippen molar-refractivity contribution < 1.29 is 9.00 Å². The summed E-state index contributed by atoms with van der Waals surface area (Å²) in [5.41, 5.74) is 2.90. The van der Waals surface area contributed by atoms with Crippen LogP contribution in [0, 0.1) is 0 Å². The molecule has 0 saturated carbocycles. The molecule has 3 aromatic rings. The molecule has 0 radical (unpaired) electrons. The van der Waals surface area contributed by atoms with Crippen LogP contribution in [0.4, 0.5) is 5.69 Å². The van der Waals surface area contributed by atoms with Crippen LogP contribution in [-0.2, 0) is 16.6 Å². The molecule has 0 bridgehead atoms. The Kier molecular flexibility index (Phi) is 4.48. The predicted octanol–water partition coefficient (Wildman–Crippen LogP) is 3.37. The van der Waals surface area contributed by atoms with Gasteiger partial charge >= 0.3 is 0 Å². The number of carbonyl (C=O) groups excluding carboxylic acids is 1. The number of anilines is 1. The largest absolute Gasteiger partial charge is 0.322 e. The van der Waals surface area contributed by atoms with Gasteiger partial charge in [-0.1, -0.05) is 30.3 Å². The van der Waals surface area contributed by atoms with Crippen molar-refractivity contribution in [2.24, 2.45) is 0 Å². The smallest absolute Gasteiger partial charge is 0.256 e. The summed E-state index contributed by atoms with van der Waals surface area (Å²) in [5, 5.41) is 3.73. The first-order valence-corrected chi connectivity index (χ1v) is 8.91.